The summed E-state index contributed by atoms with van der Waals surface area (Å²) in [6.07, 6.45) is 1.05. The Morgan fingerprint density at radius 3 is 2.29 bits per heavy atom. The molecule has 7 heteroatoms. The molecule has 0 aliphatic carbocycles. The summed E-state index contributed by atoms with van der Waals surface area (Å²) in [6, 6.07) is -1.36. The van der Waals surface area contributed by atoms with E-state index < -0.39 is 22.0 Å². The van der Waals surface area contributed by atoms with E-state index in [2.05, 4.69) is 0 Å². The average Bonchev–Trinajstić information content (AvgIpc) is 2.25. The van der Waals surface area contributed by atoms with Gasteiger partial charge in [-0.25, -0.2) is 13.1 Å². The van der Waals surface area contributed by atoms with Gasteiger partial charge in [0.25, 0.3) is 0 Å². The van der Waals surface area contributed by atoms with Crippen molar-refractivity contribution < 1.29 is 23.1 Å². The highest BCUT2D eigenvalue weighted by molar-refractivity contribution is 7.89. The predicted octanol–water partition coefficient (Wildman–Crippen LogP) is 0.528. The highest BCUT2D eigenvalue weighted by atomic mass is 32.2. The number of nitrogens with one attached hydrogen (secondary N) is 1. The third-order valence-corrected chi connectivity index (χ3v) is 3.68. The van der Waals surface area contributed by atoms with Crippen molar-refractivity contribution in [1.82, 2.24) is 4.72 Å². The zero-order valence-corrected chi connectivity index (χ0v) is 10.9. The van der Waals surface area contributed by atoms with Crippen LogP contribution in [0.15, 0.2) is 0 Å². The van der Waals surface area contributed by atoms with Gasteiger partial charge >= 0.3 is 5.97 Å². The molecular formula is C10H19NO5S. The van der Waals surface area contributed by atoms with Gasteiger partial charge in [-0.3, -0.25) is 9.59 Å². The molecule has 0 amide bonds. The number of ketones is 1. The molecule has 1 atom stereocenters. The molecule has 0 spiro atoms. The lowest BCUT2D eigenvalue weighted by Crippen LogP contribution is -2.43. The van der Waals surface area contributed by atoms with Crippen LogP contribution < -0.4 is 4.72 Å². The number of hydrogen-bond donors (Lipinski definition) is 2. The molecule has 0 heterocycles. The highest BCUT2D eigenvalue weighted by Crippen LogP contribution is 2.02. The van der Waals surface area contributed by atoms with Crippen LogP contribution in [0.2, 0.25) is 0 Å². The van der Waals surface area contributed by atoms with Crippen LogP contribution >= 0.6 is 0 Å². The van der Waals surface area contributed by atoms with E-state index in [1.165, 1.54) is 0 Å². The maximum absolute atomic E-state index is 11.5. The number of sulfonamides is 1. The van der Waals surface area contributed by atoms with Crippen molar-refractivity contribution in [2.45, 2.75) is 45.6 Å². The number of hydrogen-bond acceptors (Lipinski definition) is 4. The lowest BCUT2D eigenvalue weighted by Gasteiger charge is -2.13. The first-order valence-electron chi connectivity index (χ1n) is 5.56. The van der Waals surface area contributed by atoms with Gasteiger partial charge in [0.05, 0.1) is 5.75 Å². The van der Waals surface area contributed by atoms with Crippen LogP contribution in [0.25, 0.3) is 0 Å². The minimum atomic E-state index is -3.62. The molecule has 0 bridgehead atoms. The Morgan fingerprint density at radius 1 is 1.29 bits per heavy atom. The fraction of sp³-hybridized carbons (Fsp3) is 0.800. The number of Topliss-reactive ketones (excluding diaryl/α,β-unsaturated/α-hetero) is 1. The number of rotatable bonds is 9. The maximum Gasteiger partial charge on any atom is 0.322 e. The van der Waals surface area contributed by atoms with E-state index in [1.54, 1.807) is 6.92 Å². The van der Waals surface area contributed by atoms with Crippen LogP contribution in [0.5, 0.6) is 0 Å². The van der Waals surface area contributed by atoms with Crippen molar-refractivity contribution in [3.8, 4) is 0 Å². The molecule has 0 saturated heterocycles. The van der Waals surface area contributed by atoms with Gasteiger partial charge in [0.2, 0.25) is 10.0 Å². The van der Waals surface area contributed by atoms with E-state index in [0.717, 1.165) is 0 Å². The summed E-state index contributed by atoms with van der Waals surface area (Å²) >= 11 is 0. The molecule has 17 heavy (non-hydrogen) atoms. The molecule has 0 radical (unpaired) electrons. The second kappa shape index (κ2) is 7.39. The van der Waals surface area contributed by atoms with Crippen LogP contribution in [-0.2, 0) is 19.6 Å². The number of carboxylic acid groups (broad SMARTS) is 1. The average molecular weight is 265 g/mol. The molecule has 0 fully saturated rings. The molecule has 0 aliphatic heterocycles. The lowest BCUT2D eigenvalue weighted by atomic mass is 10.1. The van der Waals surface area contributed by atoms with Gasteiger partial charge in [0.1, 0.15) is 11.8 Å². The maximum atomic E-state index is 11.5. The Kier molecular flexibility index (Phi) is 6.98. The highest BCUT2D eigenvalue weighted by Gasteiger charge is 2.25. The predicted molar refractivity (Wildman–Crippen MR) is 63.2 cm³/mol. The van der Waals surface area contributed by atoms with Gasteiger partial charge in [0.15, 0.2) is 0 Å². The van der Waals surface area contributed by atoms with Crippen molar-refractivity contribution in [3.63, 3.8) is 0 Å². The topological polar surface area (TPSA) is 101 Å². The number of unbranched alkanes of at least 4 members (excludes halogenated alkanes) is 1. The summed E-state index contributed by atoms with van der Waals surface area (Å²) in [4.78, 5) is 22.0. The van der Waals surface area contributed by atoms with E-state index in [1.807, 2.05) is 11.6 Å². The number of carbonyl (C=O) groups excluding carboxylic acids is 1. The Balaban J connectivity index is 4.54. The van der Waals surface area contributed by atoms with Crippen molar-refractivity contribution in [2.24, 2.45) is 0 Å². The SMILES string of the molecule is CCCCS(=O)(=O)NC(CC(=O)CC)C(=O)O. The minimum Gasteiger partial charge on any atom is -0.480 e. The van der Waals surface area contributed by atoms with Gasteiger partial charge < -0.3 is 5.11 Å². The van der Waals surface area contributed by atoms with E-state index >= 15 is 0 Å². The Bertz CT molecular complexity index is 363. The molecule has 0 saturated carbocycles. The molecule has 0 aromatic heterocycles. The summed E-state index contributed by atoms with van der Waals surface area (Å²) in [5.74, 6) is -1.73. The van der Waals surface area contributed by atoms with Gasteiger partial charge in [-0.2, -0.15) is 0 Å². The zero-order valence-electron chi connectivity index (χ0n) is 10.1. The fourth-order valence-corrected chi connectivity index (χ4v) is 2.57. The first-order chi connectivity index (χ1) is 7.82. The number of aliphatic carboxylic acids is 1. The van der Waals surface area contributed by atoms with E-state index in [9.17, 15) is 18.0 Å². The molecule has 0 aromatic rings. The zero-order chi connectivity index (χ0) is 13.5. The smallest absolute Gasteiger partial charge is 0.322 e. The Morgan fingerprint density at radius 2 is 1.88 bits per heavy atom. The van der Waals surface area contributed by atoms with Crippen LogP contribution in [0.4, 0.5) is 0 Å². The molecule has 0 aromatic carbocycles. The molecular weight excluding hydrogens is 246 g/mol. The number of carboxylic acids is 1. The summed E-state index contributed by atoms with van der Waals surface area (Å²) in [7, 11) is -3.62. The van der Waals surface area contributed by atoms with Crippen LogP contribution in [0.3, 0.4) is 0 Å². The van der Waals surface area contributed by atoms with Crippen molar-refractivity contribution >= 4 is 21.8 Å². The summed E-state index contributed by atoms with van der Waals surface area (Å²) < 4.78 is 25.0. The monoisotopic (exact) mass is 265 g/mol. The Hall–Kier alpha value is -0.950. The van der Waals surface area contributed by atoms with Crippen molar-refractivity contribution in [3.05, 3.63) is 0 Å². The van der Waals surface area contributed by atoms with Crippen LogP contribution in [0.1, 0.15) is 39.5 Å². The molecule has 6 nitrogen and oxygen atoms in total. The van der Waals surface area contributed by atoms with Gasteiger partial charge in [-0.15, -0.1) is 0 Å². The van der Waals surface area contributed by atoms with E-state index in [-0.39, 0.29) is 24.4 Å². The standard InChI is InChI=1S/C10H19NO5S/c1-3-5-6-17(15,16)11-9(10(13)14)7-8(12)4-2/h9,11H,3-7H2,1-2H3,(H,13,14). The normalized spacial score (nSPS) is 13.3. The third-order valence-electron chi connectivity index (χ3n) is 2.21. The van der Waals surface area contributed by atoms with E-state index in [0.29, 0.717) is 12.8 Å². The van der Waals surface area contributed by atoms with Gasteiger partial charge in [-0.1, -0.05) is 20.3 Å². The van der Waals surface area contributed by atoms with Crippen molar-refractivity contribution in [2.75, 3.05) is 5.75 Å². The first kappa shape index (κ1) is 16.1. The summed E-state index contributed by atoms with van der Waals surface area (Å²) in [5, 5.41) is 8.83. The fourth-order valence-electron chi connectivity index (χ4n) is 1.16. The third kappa shape index (κ3) is 7.06. The van der Waals surface area contributed by atoms with E-state index in [4.69, 9.17) is 5.11 Å². The second-order valence-electron chi connectivity index (χ2n) is 3.78. The summed E-state index contributed by atoms with van der Waals surface area (Å²) in [6.45, 7) is 3.44. The van der Waals surface area contributed by atoms with Gasteiger partial charge in [0, 0.05) is 12.8 Å². The number of carbonyl (C=O) groups is 2. The largest absolute Gasteiger partial charge is 0.480 e. The minimum absolute atomic E-state index is 0.117. The molecule has 0 aliphatic rings. The lowest BCUT2D eigenvalue weighted by molar-refractivity contribution is -0.140. The summed E-state index contributed by atoms with van der Waals surface area (Å²) in [5.41, 5.74) is 0. The molecule has 1 unspecified atom stereocenters. The Labute approximate surface area is 101 Å². The quantitative estimate of drug-likeness (QED) is 0.633. The van der Waals surface area contributed by atoms with Crippen LogP contribution in [0, 0.1) is 0 Å². The van der Waals surface area contributed by atoms with Gasteiger partial charge in [-0.05, 0) is 6.42 Å². The molecule has 100 valence electrons. The molecule has 0 rings (SSSR count). The molecule has 2 N–H and O–H groups in total. The second-order valence-corrected chi connectivity index (χ2v) is 5.65. The van der Waals surface area contributed by atoms with Crippen LogP contribution in [-0.4, -0.2) is 37.1 Å². The first-order valence-corrected chi connectivity index (χ1v) is 7.22. The van der Waals surface area contributed by atoms with Crippen molar-refractivity contribution in [1.29, 1.82) is 0 Å².